The molecule has 0 unspecified atom stereocenters. The van der Waals surface area contributed by atoms with Gasteiger partial charge in [-0.05, 0) is 32.2 Å². The van der Waals surface area contributed by atoms with E-state index in [1.165, 1.54) is 0 Å². The number of thiazole rings is 1. The van der Waals surface area contributed by atoms with Gasteiger partial charge in [0.25, 0.3) is 0 Å². The zero-order valence-electron chi connectivity index (χ0n) is 18.6. The third kappa shape index (κ3) is 5.00. The number of halogens is 1. The fourth-order valence-electron chi connectivity index (χ4n) is 3.88. The number of aromatic nitrogens is 3. The molecule has 0 saturated carbocycles. The van der Waals surface area contributed by atoms with Crippen molar-refractivity contribution in [3.05, 3.63) is 70.8 Å². The first kappa shape index (κ1) is 21.8. The molecule has 0 spiro atoms. The molecule has 2 aromatic heterocycles. The van der Waals surface area contributed by atoms with E-state index in [1.54, 1.807) is 11.3 Å². The van der Waals surface area contributed by atoms with Crippen LogP contribution in [-0.2, 0) is 0 Å². The number of anilines is 3. The minimum Gasteiger partial charge on any atom is -0.354 e. The molecule has 168 valence electrons. The lowest BCUT2D eigenvalue weighted by Crippen LogP contribution is -2.44. The Morgan fingerprint density at radius 3 is 2.58 bits per heavy atom. The molecule has 0 radical (unpaired) electrons. The Balaban J connectivity index is 1.37. The Hall–Kier alpha value is -3.00. The molecule has 0 aliphatic carbocycles. The van der Waals surface area contributed by atoms with E-state index >= 15 is 0 Å². The van der Waals surface area contributed by atoms with Crippen molar-refractivity contribution in [1.29, 1.82) is 0 Å². The van der Waals surface area contributed by atoms with Crippen molar-refractivity contribution < 1.29 is 0 Å². The SMILES string of the molecule is Cc1nc(Nc2cccc(-c3csc(-c4ccccc4Cl)n3)c2)cc(N2CCN(C)CC2)n1. The van der Waals surface area contributed by atoms with Crippen molar-refractivity contribution in [3.8, 4) is 21.8 Å². The van der Waals surface area contributed by atoms with Gasteiger partial charge < -0.3 is 15.1 Å². The largest absolute Gasteiger partial charge is 0.354 e. The van der Waals surface area contributed by atoms with Crippen LogP contribution in [0.2, 0.25) is 5.02 Å². The van der Waals surface area contributed by atoms with Crippen LogP contribution in [0.1, 0.15) is 5.82 Å². The Morgan fingerprint density at radius 2 is 1.76 bits per heavy atom. The Bertz CT molecular complexity index is 1270. The normalized spacial score (nSPS) is 14.5. The standard InChI is InChI=1S/C25H25ClN6S/c1-17-27-23(15-24(28-17)32-12-10-31(2)11-13-32)29-19-7-5-6-18(14-19)22-16-33-25(30-22)20-8-3-4-9-21(20)26/h3-9,14-16H,10-13H2,1-2H3,(H,27,28,29). The molecule has 2 aromatic carbocycles. The molecule has 4 aromatic rings. The van der Waals surface area contributed by atoms with Gasteiger partial charge in [0, 0.05) is 54.4 Å². The average molecular weight is 477 g/mol. The third-order valence-electron chi connectivity index (χ3n) is 5.69. The molecule has 1 fully saturated rings. The average Bonchev–Trinajstić information content (AvgIpc) is 3.30. The molecule has 5 rings (SSSR count). The molecule has 8 heteroatoms. The van der Waals surface area contributed by atoms with Gasteiger partial charge in [-0.15, -0.1) is 11.3 Å². The first-order chi connectivity index (χ1) is 16.0. The summed E-state index contributed by atoms with van der Waals surface area (Å²) in [6.45, 7) is 5.96. The van der Waals surface area contributed by atoms with Gasteiger partial charge in [-0.25, -0.2) is 15.0 Å². The van der Waals surface area contributed by atoms with Gasteiger partial charge in [0.15, 0.2) is 0 Å². The van der Waals surface area contributed by atoms with Crippen LogP contribution in [0.5, 0.6) is 0 Å². The first-order valence-corrected chi connectivity index (χ1v) is 12.2. The van der Waals surface area contributed by atoms with Crippen molar-refractivity contribution in [2.24, 2.45) is 0 Å². The molecular formula is C25H25ClN6S. The van der Waals surface area contributed by atoms with E-state index in [-0.39, 0.29) is 0 Å². The highest BCUT2D eigenvalue weighted by atomic mass is 35.5. The number of aryl methyl sites for hydroxylation is 1. The minimum atomic E-state index is 0.712. The van der Waals surface area contributed by atoms with Crippen LogP contribution in [-0.4, -0.2) is 53.1 Å². The van der Waals surface area contributed by atoms with Crippen LogP contribution < -0.4 is 10.2 Å². The molecule has 1 aliphatic rings. The lowest BCUT2D eigenvalue weighted by Gasteiger charge is -2.33. The number of nitrogens with zero attached hydrogens (tertiary/aromatic N) is 5. The van der Waals surface area contributed by atoms with Gasteiger partial charge >= 0.3 is 0 Å². The summed E-state index contributed by atoms with van der Waals surface area (Å²) in [5, 5.41) is 7.15. The molecule has 1 N–H and O–H groups in total. The van der Waals surface area contributed by atoms with Gasteiger partial charge in [0.05, 0.1) is 10.7 Å². The van der Waals surface area contributed by atoms with Crippen LogP contribution >= 0.6 is 22.9 Å². The maximum absolute atomic E-state index is 6.36. The minimum absolute atomic E-state index is 0.712. The molecule has 0 amide bonds. The highest BCUT2D eigenvalue weighted by Gasteiger charge is 2.17. The highest BCUT2D eigenvalue weighted by Crippen LogP contribution is 2.34. The molecule has 0 atom stereocenters. The van der Waals surface area contributed by atoms with Crippen LogP contribution in [0.4, 0.5) is 17.3 Å². The molecule has 1 aliphatic heterocycles. The van der Waals surface area contributed by atoms with E-state index < -0.39 is 0 Å². The van der Waals surface area contributed by atoms with Crippen LogP contribution in [0.25, 0.3) is 21.8 Å². The maximum atomic E-state index is 6.36. The second-order valence-electron chi connectivity index (χ2n) is 8.17. The van der Waals surface area contributed by atoms with Crippen LogP contribution in [0.3, 0.4) is 0 Å². The number of likely N-dealkylation sites (N-methyl/N-ethyl adjacent to an activating group) is 1. The van der Waals surface area contributed by atoms with Crippen molar-refractivity contribution >= 4 is 40.3 Å². The van der Waals surface area contributed by atoms with E-state index in [4.69, 9.17) is 16.6 Å². The van der Waals surface area contributed by atoms with Gasteiger partial charge in [-0.3, -0.25) is 0 Å². The second-order valence-corrected chi connectivity index (χ2v) is 9.44. The molecule has 0 bridgehead atoms. The quantitative estimate of drug-likeness (QED) is 0.397. The fraction of sp³-hybridized carbons (Fsp3) is 0.240. The second kappa shape index (κ2) is 9.47. The zero-order valence-corrected chi connectivity index (χ0v) is 20.2. The predicted octanol–water partition coefficient (Wildman–Crippen LogP) is 5.72. The molecule has 33 heavy (non-hydrogen) atoms. The number of hydrogen-bond acceptors (Lipinski definition) is 7. The third-order valence-corrected chi connectivity index (χ3v) is 6.90. The summed E-state index contributed by atoms with van der Waals surface area (Å²) in [6.07, 6.45) is 0. The van der Waals surface area contributed by atoms with E-state index in [0.717, 1.165) is 71.2 Å². The van der Waals surface area contributed by atoms with E-state index in [9.17, 15) is 0 Å². The lowest BCUT2D eigenvalue weighted by molar-refractivity contribution is 0.312. The van der Waals surface area contributed by atoms with Gasteiger partial charge in [-0.2, -0.15) is 0 Å². The first-order valence-electron chi connectivity index (χ1n) is 10.9. The zero-order chi connectivity index (χ0) is 22.8. The maximum Gasteiger partial charge on any atom is 0.136 e. The van der Waals surface area contributed by atoms with Crippen molar-refractivity contribution in [2.75, 3.05) is 43.4 Å². The summed E-state index contributed by atoms with van der Waals surface area (Å²) in [5.74, 6) is 2.52. The number of nitrogens with one attached hydrogen (secondary N) is 1. The van der Waals surface area contributed by atoms with Gasteiger partial charge in [0.1, 0.15) is 22.5 Å². The lowest BCUT2D eigenvalue weighted by atomic mass is 10.1. The Kier molecular flexibility index (Phi) is 6.26. The van der Waals surface area contributed by atoms with Crippen molar-refractivity contribution in [3.63, 3.8) is 0 Å². The van der Waals surface area contributed by atoms with Crippen LogP contribution in [0, 0.1) is 6.92 Å². The molecule has 1 saturated heterocycles. The predicted molar refractivity (Wildman–Crippen MR) is 138 cm³/mol. The summed E-state index contributed by atoms with van der Waals surface area (Å²) in [6, 6.07) is 18.1. The van der Waals surface area contributed by atoms with Gasteiger partial charge in [0.2, 0.25) is 0 Å². The number of hydrogen-bond donors (Lipinski definition) is 1. The van der Waals surface area contributed by atoms with Gasteiger partial charge in [-0.1, -0.05) is 41.9 Å². The summed E-state index contributed by atoms with van der Waals surface area (Å²) in [5.41, 5.74) is 3.88. The fourth-order valence-corrected chi connectivity index (χ4v) is 5.03. The van der Waals surface area contributed by atoms with Crippen molar-refractivity contribution in [1.82, 2.24) is 19.9 Å². The highest BCUT2D eigenvalue weighted by molar-refractivity contribution is 7.13. The number of rotatable bonds is 5. The summed E-state index contributed by atoms with van der Waals surface area (Å²) in [7, 11) is 2.16. The van der Waals surface area contributed by atoms with E-state index in [0.29, 0.717) is 5.02 Å². The number of benzene rings is 2. The van der Waals surface area contributed by atoms with E-state index in [2.05, 4.69) is 49.6 Å². The smallest absolute Gasteiger partial charge is 0.136 e. The van der Waals surface area contributed by atoms with E-state index in [1.807, 2.05) is 49.4 Å². The molecule has 6 nitrogen and oxygen atoms in total. The van der Waals surface area contributed by atoms with Crippen LogP contribution in [0.15, 0.2) is 60.0 Å². The van der Waals surface area contributed by atoms with Crippen molar-refractivity contribution in [2.45, 2.75) is 6.92 Å². The molecule has 3 heterocycles. The topological polar surface area (TPSA) is 57.2 Å². The summed E-state index contributed by atoms with van der Waals surface area (Å²) in [4.78, 5) is 18.8. The monoisotopic (exact) mass is 476 g/mol. The summed E-state index contributed by atoms with van der Waals surface area (Å²) >= 11 is 7.95. The molecular weight excluding hydrogens is 452 g/mol. The Morgan fingerprint density at radius 1 is 0.939 bits per heavy atom. The number of piperazine rings is 1. The Labute approximate surface area is 202 Å². The summed E-state index contributed by atoms with van der Waals surface area (Å²) < 4.78 is 0.